The van der Waals surface area contributed by atoms with Gasteiger partial charge < -0.3 is 5.32 Å². The number of halogens is 3. The number of imidazole rings is 1. The molecule has 0 bridgehead atoms. The molecule has 0 aliphatic heterocycles. The summed E-state index contributed by atoms with van der Waals surface area (Å²) in [6, 6.07) is 31.8. The number of alkyl halides is 3. The van der Waals surface area contributed by atoms with Crippen molar-refractivity contribution >= 4 is 34.7 Å². The maximum atomic E-state index is 13.7. The Labute approximate surface area is 218 Å². The highest BCUT2D eigenvalue weighted by Crippen LogP contribution is 2.58. The molecule has 0 saturated heterocycles. The van der Waals surface area contributed by atoms with Gasteiger partial charge in [-0.2, -0.15) is 18.3 Å². The average molecular weight is 534 g/mol. The molecule has 2 aromatic heterocycles. The lowest BCUT2D eigenvalue weighted by atomic mass is 10.2. The molecular formula is C29H25F3N4OP+. The predicted molar refractivity (Wildman–Crippen MR) is 145 cm³/mol. The number of aryl methyl sites for hydroxylation is 1. The van der Waals surface area contributed by atoms with E-state index in [0.717, 1.165) is 20.4 Å². The molecule has 9 heteroatoms. The van der Waals surface area contributed by atoms with Crippen LogP contribution < -0.4 is 21.2 Å². The fourth-order valence-electron chi connectivity index (χ4n) is 4.84. The summed E-state index contributed by atoms with van der Waals surface area (Å²) in [6.07, 6.45) is -4.28. The van der Waals surface area contributed by atoms with Crippen molar-refractivity contribution in [3.05, 3.63) is 120 Å². The Morgan fingerprint density at radius 1 is 0.868 bits per heavy atom. The lowest BCUT2D eigenvalue weighted by molar-refractivity contribution is -0.141. The Morgan fingerprint density at radius 2 is 1.34 bits per heavy atom. The fourth-order valence-corrected chi connectivity index (χ4v) is 8.96. The van der Waals surface area contributed by atoms with Crippen LogP contribution in [0.4, 0.5) is 13.2 Å². The molecule has 0 spiro atoms. The van der Waals surface area contributed by atoms with E-state index in [2.05, 4.69) is 51.8 Å². The van der Waals surface area contributed by atoms with Gasteiger partial charge in [-0.3, -0.25) is 4.79 Å². The van der Waals surface area contributed by atoms with Crippen LogP contribution in [-0.4, -0.2) is 27.6 Å². The van der Waals surface area contributed by atoms with E-state index in [4.69, 9.17) is 0 Å². The van der Waals surface area contributed by atoms with Gasteiger partial charge in [0, 0.05) is 7.05 Å². The van der Waals surface area contributed by atoms with Gasteiger partial charge in [0.15, 0.2) is 11.3 Å². The quantitative estimate of drug-likeness (QED) is 0.316. The number of hydrogen-bond acceptors (Lipinski definition) is 3. The number of rotatable bonds is 6. The van der Waals surface area contributed by atoms with Crippen molar-refractivity contribution in [3.63, 3.8) is 0 Å². The minimum atomic E-state index is -4.67. The maximum absolute atomic E-state index is 13.7. The normalized spacial score (nSPS) is 12.0. The van der Waals surface area contributed by atoms with Gasteiger partial charge in [0.2, 0.25) is 0 Å². The number of benzene rings is 3. The highest BCUT2D eigenvalue weighted by Gasteiger charge is 2.46. The van der Waals surface area contributed by atoms with E-state index in [9.17, 15) is 18.0 Å². The van der Waals surface area contributed by atoms with Crippen molar-refractivity contribution in [2.75, 3.05) is 7.05 Å². The molecule has 38 heavy (non-hydrogen) atoms. The van der Waals surface area contributed by atoms with Crippen molar-refractivity contribution in [2.24, 2.45) is 0 Å². The smallest absolute Gasteiger partial charge is 0.355 e. The number of hydrogen-bond donors (Lipinski definition) is 1. The fraction of sp³-hybridized carbons (Fsp3) is 0.138. The molecule has 3 aromatic carbocycles. The third kappa shape index (κ3) is 4.45. The first kappa shape index (κ1) is 25.6. The zero-order valence-electron chi connectivity index (χ0n) is 20.8. The van der Waals surface area contributed by atoms with Crippen molar-refractivity contribution in [1.82, 2.24) is 19.9 Å². The van der Waals surface area contributed by atoms with Crippen LogP contribution in [-0.2, 0) is 12.3 Å². The van der Waals surface area contributed by atoms with Crippen LogP contribution in [0, 0.1) is 6.92 Å². The SMILES string of the molecule is CNC(=O)c1cc(C[P+](c2ccccc2)(c2ccccc2)c2ccccc2)nn2c(C)c(C(F)(F)F)nc12. The first-order valence-corrected chi connectivity index (χ1v) is 14.0. The number of fused-ring (bicyclic) bond motifs is 1. The molecule has 2 heterocycles. The molecule has 5 aromatic rings. The van der Waals surface area contributed by atoms with Gasteiger partial charge in [-0.25, -0.2) is 9.50 Å². The second-order valence-electron chi connectivity index (χ2n) is 8.88. The Balaban J connectivity index is 1.82. The largest absolute Gasteiger partial charge is 0.435 e. The topological polar surface area (TPSA) is 59.3 Å². The molecule has 192 valence electrons. The first-order chi connectivity index (χ1) is 18.3. The third-order valence-corrected chi connectivity index (χ3v) is 10.9. The molecule has 0 unspecified atom stereocenters. The van der Waals surface area contributed by atoms with Gasteiger partial charge in [0.05, 0.1) is 11.3 Å². The summed E-state index contributed by atoms with van der Waals surface area (Å²) in [6.45, 7) is 1.32. The van der Waals surface area contributed by atoms with Gasteiger partial charge in [-0.1, -0.05) is 54.6 Å². The van der Waals surface area contributed by atoms with E-state index in [1.807, 2.05) is 54.6 Å². The molecule has 0 fully saturated rings. The van der Waals surface area contributed by atoms with Gasteiger partial charge in [-0.05, 0) is 49.4 Å². The van der Waals surface area contributed by atoms with Crippen LogP contribution in [0.15, 0.2) is 97.1 Å². The second kappa shape index (κ2) is 10.0. The molecule has 0 saturated carbocycles. The summed E-state index contributed by atoms with van der Waals surface area (Å²) in [4.78, 5) is 16.6. The van der Waals surface area contributed by atoms with Crippen LogP contribution in [0.5, 0.6) is 0 Å². The molecule has 1 amide bonds. The third-order valence-electron chi connectivity index (χ3n) is 6.59. The second-order valence-corrected chi connectivity index (χ2v) is 12.4. The van der Waals surface area contributed by atoms with Crippen molar-refractivity contribution in [2.45, 2.75) is 19.3 Å². The number of amides is 1. The molecule has 0 aliphatic rings. The van der Waals surface area contributed by atoms with Crippen LogP contribution in [0.1, 0.15) is 27.4 Å². The van der Waals surface area contributed by atoms with E-state index in [1.165, 1.54) is 14.0 Å². The molecule has 1 N–H and O–H groups in total. The molecule has 0 atom stereocenters. The van der Waals surface area contributed by atoms with E-state index < -0.39 is 25.0 Å². The number of carbonyl (C=O) groups is 1. The van der Waals surface area contributed by atoms with E-state index >= 15 is 0 Å². The lowest BCUT2D eigenvalue weighted by Crippen LogP contribution is -2.33. The number of nitrogens with one attached hydrogen (secondary N) is 1. The van der Waals surface area contributed by atoms with Gasteiger partial charge in [-0.15, -0.1) is 0 Å². The van der Waals surface area contributed by atoms with Gasteiger partial charge >= 0.3 is 6.18 Å². The Morgan fingerprint density at radius 3 is 1.76 bits per heavy atom. The average Bonchev–Trinajstić information content (AvgIpc) is 3.29. The molecule has 0 radical (unpaired) electrons. The Bertz CT molecular complexity index is 1490. The maximum Gasteiger partial charge on any atom is 0.435 e. The van der Waals surface area contributed by atoms with Crippen molar-refractivity contribution < 1.29 is 18.0 Å². The van der Waals surface area contributed by atoms with E-state index in [-0.39, 0.29) is 16.9 Å². The summed E-state index contributed by atoms with van der Waals surface area (Å²) in [7, 11) is -0.964. The summed E-state index contributed by atoms with van der Waals surface area (Å²) < 4.78 is 42.4. The van der Waals surface area contributed by atoms with E-state index in [0.29, 0.717) is 11.9 Å². The number of aromatic nitrogens is 3. The summed E-state index contributed by atoms with van der Waals surface area (Å²) in [5.74, 6) is -0.527. The monoisotopic (exact) mass is 533 g/mol. The standard InChI is InChI=1S/C29H24F3N4OP/c1-20-26(29(30,31)32)34-27-25(28(37)33-2)18-21(35-36(20)27)19-38(22-12-6-3-7-13-22,23-14-8-4-9-15-23)24-16-10-5-11-17-24/h3-18H,19H2,1-2H3/p+1. The zero-order chi connectivity index (χ0) is 26.9. The van der Waals surface area contributed by atoms with Crippen LogP contribution in [0.3, 0.4) is 0 Å². The van der Waals surface area contributed by atoms with E-state index in [1.54, 1.807) is 6.07 Å². The van der Waals surface area contributed by atoms with Crippen LogP contribution in [0.25, 0.3) is 5.65 Å². The molecule has 5 rings (SSSR count). The lowest BCUT2D eigenvalue weighted by Gasteiger charge is -2.27. The first-order valence-electron chi connectivity index (χ1n) is 12.0. The number of nitrogens with zero attached hydrogens (tertiary/aromatic N) is 3. The van der Waals surface area contributed by atoms with Gasteiger partial charge in [0.1, 0.15) is 35.0 Å². The molecular weight excluding hydrogens is 508 g/mol. The molecule has 5 nitrogen and oxygen atoms in total. The van der Waals surface area contributed by atoms with Crippen molar-refractivity contribution in [1.29, 1.82) is 0 Å². The summed E-state index contributed by atoms with van der Waals surface area (Å²) in [5.41, 5.74) is -0.801. The predicted octanol–water partition coefficient (Wildman–Crippen LogP) is 4.91. The highest BCUT2D eigenvalue weighted by atomic mass is 31.2. The minimum absolute atomic E-state index is 0.0448. The van der Waals surface area contributed by atoms with Crippen LogP contribution >= 0.6 is 7.26 Å². The summed E-state index contributed by atoms with van der Waals surface area (Å²) in [5, 5.41) is 10.5. The Kier molecular flexibility index (Phi) is 6.76. The Hall–Kier alpha value is -4.03. The van der Waals surface area contributed by atoms with Gasteiger partial charge in [0.25, 0.3) is 5.91 Å². The minimum Gasteiger partial charge on any atom is -0.355 e. The summed E-state index contributed by atoms with van der Waals surface area (Å²) >= 11 is 0. The highest BCUT2D eigenvalue weighted by molar-refractivity contribution is 7.95. The number of carbonyl (C=O) groups excluding carboxylic acids is 1. The van der Waals surface area contributed by atoms with Crippen molar-refractivity contribution in [3.8, 4) is 0 Å². The van der Waals surface area contributed by atoms with Crippen LogP contribution in [0.2, 0.25) is 0 Å². The molecule has 0 aliphatic carbocycles. The zero-order valence-corrected chi connectivity index (χ0v) is 21.7.